The third-order valence-electron chi connectivity index (χ3n) is 6.99. The van der Waals surface area contributed by atoms with Gasteiger partial charge in [-0.15, -0.1) is 0 Å². The average molecular weight is 360 g/mol. The summed E-state index contributed by atoms with van der Waals surface area (Å²) >= 11 is 0. The molecule has 0 aliphatic carbocycles. The second-order valence-corrected chi connectivity index (χ2v) is 8.41. The van der Waals surface area contributed by atoms with Crippen LogP contribution in [0.15, 0.2) is 16.5 Å². The highest BCUT2D eigenvalue weighted by Gasteiger charge is 2.58. The van der Waals surface area contributed by atoms with E-state index in [0.29, 0.717) is 18.0 Å². The van der Waals surface area contributed by atoms with E-state index in [1.54, 1.807) is 0 Å². The van der Waals surface area contributed by atoms with Gasteiger partial charge in [0.05, 0.1) is 12.0 Å². The number of aryl methyl sites for hydroxylation is 1. The molecular weight excluding hydrogens is 328 g/mol. The van der Waals surface area contributed by atoms with Crippen LogP contribution in [0.25, 0.3) is 0 Å². The van der Waals surface area contributed by atoms with Crippen molar-refractivity contribution in [1.82, 2.24) is 10.2 Å². The Morgan fingerprint density at radius 2 is 2.08 bits per heavy atom. The quantitative estimate of drug-likeness (QED) is 0.846. The average Bonchev–Trinajstić information content (AvgIpc) is 3.34. The van der Waals surface area contributed by atoms with Crippen LogP contribution in [0.4, 0.5) is 0 Å². The molecule has 4 heterocycles. The van der Waals surface area contributed by atoms with E-state index in [1.165, 1.54) is 6.42 Å². The highest BCUT2D eigenvalue weighted by molar-refractivity contribution is 5.84. The molecule has 1 aromatic heterocycles. The van der Waals surface area contributed by atoms with Crippen LogP contribution in [0.1, 0.15) is 57.0 Å². The molecule has 0 unspecified atom stereocenters. The molecule has 3 atom stereocenters. The van der Waals surface area contributed by atoms with E-state index in [0.717, 1.165) is 69.9 Å². The molecule has 4 rings (SSSR count). The molecule has 0 radical (unpaired) electrons. The summed E-state index contributed by atoms with van der Waals surface area (Å²) < 4.78 is 11.2. The Balaban J connectivity index is 1.42. The Morgan fingerprint density at radius 1 is 1.27 bits per heavy atom. The van der Waals surface area contributed by atoms with Crippen LogP contribution in [0.5, 0.6) is 0 Å². The summed E-state index contributed by atoms with van der Waals surface area (Å²) in [6, 6.07) is 4.96. The van der Waals surface area contributed by atoms with Crippen molar-refractivity contribution in [2.75, 3.05) is 19.8 Å². The van der Waals surface area contributed by atoms with Crippen LogP contribution in [-0.4, -0.2) is 42.6 Å². The largest absolute Gasteiger partial charge is 0.465 e. The molecule has 26 heavy (non-hydrogen) atoms. The first kappa shape index (κ1) is 18.1. The first-order valence-corrected chi connectivity index (χ1v) is 10.3. The molecule has 1 amide bonds. The number of fused-ring (bicyclic) bond motifs is 2. The van der Waals surface area contributed by atoms with Gasteiger partial charge in [0.2, 0.25) is 5.91 Å². The highest BCUT2D eigenvalue weighted by atomic mass is 16.5. The summed E-state index contributed by atoms with van der Waals surface area (Å²) in [5.41, 5.74) is -0.226. The van der Waals surface area contributed by atoms with E-state index < -0.39 is 0 Å². The highest BCUT2D eigenvalue weighted by Crippen LogP contribution is 2.52. The zero-order valence-corrected chi connectivity index (χ0v) is 16.1. The first-order chi connectivity index (χ1) is 12.6. The van der Waals surface area contributed by atoms with Crippen molar-refractivity contribution < 1.29 is 13.9 Å². The molecule has 3 fully saturated rings. The van der Waals surface area contributed by atoms with Crippen molar-refractivity contribution in [3.8, 4) is 0 Å². The molecule has 2 bridgehead atoms. The summed E-state index contributed by atoms with van der Waals surface area (Å²) in [6.07, 6.45) is 6.38. The number of nitrogens with one attached hydrogen (secondary N) is 1. The second kappa shape index (κ2) is 7.35. The van der Waals surface area contributed by atoms with Gasteiger partial charge in [-0.3, -0.25) is 9.69 Å². The number of nitrogens with zero attached hydrogens (tertiary/aromatic N) is 1. The van der Waals surface area contributed by atoms with Gasteiger partial charge in [0, 0.05) is 31.8 Å². The van der Waals surface area contributed by atoms with Gasteiger partial charge in [-0.25, -0.2) is 0 Å². The van der Waals surface area contributed by atoms with Gasteiger partial charge >= 0.3 is 0 Å². The molecule has 0 spiro atoms. The number of amides is 1. The summed E-state index contributed by atoms with van der Waals surface area (Å²) in [7, 11) is 0. The Labute approximate surface area is 156 Å². The van der Waals surface area contributed by atoms with Gasteiger partial charge < -0.3 is 14.5 Å². The summed E-state index contributed by atoms with van der Waals surface area (Å²) in [4.78, 5) is 15.8. The molecule has 0 saturated carbocycles. The summed E-state index contributed by atoms with van der Waals surface area (Å²) in [5.74, 6) is 2.83. The Hall–Kier alpha value is -1.33. The van der Waals surface area contributed by atoms with Crippen molar-refractivity contribution in [2.45, 2.75) is 71.0 Å². The normalized spacial score (nSPS) is 32.2. The lowest BCUT2D eigenvalue weighted by Crippen LogP contribution is -2.49. The minimum atomic E-state index is -0.226. The smallest absolute Gasteiger partial charge is 0.227 e. The van der Waals surface area contributed by atoms with Gasteiger partial charge in [0.15, 0.2) is 0 Å². The van der Waals surface area contributed by atoms with Gasteiger partial charge in [-0.1, -0.05) is 6.92 Å². The van der Waals surface area contributed by atoms with Crippen LogP contribution >= 0.6 is 0 Å². The summed E-state index contributed by atoms with van der Waals surface area (Å²) in [5, 5.41) is 3.31. The van der Waals surface area contributed by atoms with E-state index in [-0.39, 0.29) is 11.3 Å². The van der Waals surface area contributed by atoms with Crippen LogP contribution < -0.4 is 5.32 Å². The maximum atomic E-state index is 13.2. The predicted octanol–water partition coefficient (Wildman–Crippen LogP) is 3.26. The molecule has 0 aromatic carbocycles. The van der Waals surface area contributed by atoms with Crippen molar-refractivity contribution in [2.24, 2.45) is 11.3 Å². The third kappa shape index (κ3) is 3.20. The zero-order valence-electron chi connectivity index (χ0n) is 16.1. The molecule has 3 saturated heterocycles. The minimum Gasteiger partial charge on any atom is -0.465 e. The molecule has 3 aliphatic heterocycles. The van der Waals surface area contributed by atoms with E-state index >= 15 is 0 Å². The zero-order chi connectivity index (χ0) is 18.1. The van der Waals surface area contributed by atoms with Crippen LogP contribution in [0.3, 0.4) is 0 Å². The molecular formula is C21H32N2O3. The molecule has 1 N–H and O–H groups in total. The lowest BCUT2D eigenvalue weighted by Gasteiger charge is -2.36. The summed E-state index contributed by atoms with van der Waals surface area (Å²) in [6.45, 7) is 7.48. The van der Waals surface area contributed by atoms with Crippen LogP contribution in [0, 0.1) is 18.3 Å². The Bertz CT molecular complexity index is 637. The predicted molar refractivity (Wildman–Crippen MR) is 99.7 cm³/mol. The van der Waals surface area contributed by atoms with E-state index in [2.05, 4.69) is 23.2 Å². The first-order valence-electron chi connectivity index (χ1n) is 10.3. The van der Waals surface area contributed by atoms with Crippen LogP contribution in [0.2, 0.25) is 0 Å². The minimum absolute atomic E-state index is 0.226. The fourth-order valence-electron chi connectivity index (χ4n) is 5.44. The van der Waals surface area contributed by atoms with E-state index in [4.69, 9.17) is 9.15 Å². The standard InChI is InChI=1S/C21H32N2O3/c1-3-21(20(24)22-13-16-8-10-25-11-9-16)12-17-5-7-19(21)23(17)14-18-6-4-15(2)26-18/h4,6,16-17,19H,3,5,7-14H2,1-2H3,(H,22,24)/t17-,19+,21+/m0/s1. The number of hydrogen-bond acceptors (Lipinski definition) is 4. The lowest BCUT2D eigenvalue weighted by atomic mass is 9.71. The molecule has 144 valence electrons. The van der Waals surface area contributed by atoms with Crippen LogP contribution in [-0.2, 0) is 16.1 Å². The fourth-order valence-corrected chi connectivity index (χ4v) is 5.44. The number of rotatable bonds is 6. The number of furan rings is 1. The van der Waals surface area contributed by atoms with Crippen molar-refractivity contribution in [3.63, 3.8) is 0 Å². The number of hydrogen-bond donors (Lipinski definition) is 1. The molecule has 3 aliphatic rings. The fraction of sp³-hybridized carbons (Fsp3) is 0.762. The topological polar surface area (TPSA) is 54.7 Å². The van der Waals surface area contributed by atoms with Gasteiger partial charge in [0.25, 0.3) is 0 Å². The Morgan fingerprint density at radius 3 is 2.77 bits per heavy atom. The lowest BCUT2D eigenvalue weighted by molar-refractivity contribution is -0.133. The number of ether oxygens (including phenoxy) is 1. The van der Waals surface area contributed by atoms with Crippen molar-refractivity contribution in [1.29, 1.82) is 0 Å². The molecule has 1 aromatic rings. The number of carbonyl (C=O) groups is 1. The Kier molecular flexibility index (Phi) is 5.11. The maximum absolute atomic E-state index is 13.2. The number of carbonyl (C=O) groups excluding carboxylic acids is 1. The van der Waals surface area contributed by atoms with E-state index in [1.807, 2.05) is 13.0 Å². The third-order valence-corrected chi connectivity index (χ3v) is 6.99. The van der Waals surface area contributed by atoms with E-state index in [9.17, 15) is 4.79 Å². The molecule has 5 nitrogen and oxygen atoms in total. The second-order valence-electron chi connectivity index (χ2n) is 8.41. The van der Waals surface area contributed by atoms with Gasteiger partial charge in [-0.05, 0) is 63.5 Å². The van der Waals surface area contributed by atoms with Gasteiger partial charge in [0.1, 0.15) is 11.5 Å². The molecule has 5 heteroatoms. The van der Waals surface area contributed by atoms with Crippen molar-refractivity contribution >= 4 is 5.91 Å². The van der Waals surface area contributed by atoms with Crippen molar-refractivity contribution in [3.05, 3.63) is 23.7 Å². The maximum Gasteiger partial charge on any atom is 0.227 e. The van der Waals surface area contributed by atoms with Gasteiger partial charge in [-0.2, -0.15) is 0 Å². The SMILES string of the molecule is CC[C@@]1(C(=O)NCC2CCOCC2)C[C@@H]2CC[C@H]1N2Cc1ccc(C)o1. The monoisotopic (exact) mass is 360 g/mol.